The molecule has 0 amide bonds. The minimum Gasteiger partial charge on any atom is -0.492 e. The maximum absolute atomic E-state index is 11.7. The lowest BCUT2D eigenvalue weighted by Gasteiger charge is -2.10. The minimum atomic E-state index is -0.841. The van der Waals surface area contributed by atoms with Crippen LogP contribution in [0.25, 0.3) is 0 Å². The van der Waals surface area contributed by atoms with Gasteiger partial charge in [-0.1, -0.05) is 26.0 Å². The number of carbonyl (C=O) groups is 1. The molecule has 1 rings (SSSR count). The van der Waals surface area contributed by atoms with E-state index >= 15 is 0 Å². The van der Waals surface area contributed by atoms with E-state index in [0.717, 1.165) is 12.2 Å². The van der Waals surface area contributed by atoms with Gasteiger partial charge in [-0.05, 0) is 31.4 Å². The Labute approximate surface area is 117 Å². The van der Waals surface area contributed by atoms with Crippen LogP contribution in [-0.4, -0.2) is 28.1 Å². The molecule has 0 aliphatic carbocycles. The summed E-state index contributed by atoms with van der Waals surface area (Å²) in [7, 11) is -0.841. The average molecular weight is 282 g/mol. The van der Waals surface area contributed by atoms with Crippen LogP contribution < -0.4 is 4.74 Å². The Bertz CT molecular complexity index is 441. The molecule has 0 bridgehead atoms. The van der Waals surface area contributed by atoms with E-state index in [1.165, 1.54) is 6.92 Å². The van der Waals surface area contributed by atoms with Crippen LogP contribution in [0.4, 0.5) is 0 Å². The molecule has 0 spiro atoms. The number of ketones is 1. The first kappa shape index (κ1) is 15.9. The molecule has 106 valence electrons. The van der Waals surface area contributed by atoms with E-state index in [4.69, 9.17) is 4.74 Å². The van der Waals surface area contributed by atoms with E-state index in [0.29, 0.717) is 29.6 Å². The van der Waals surface area contributed by atoms with E-state index in [2.05, 4.69) is 13.8 Å². The first-order valence-corrected chi connectivity index (χ1v) is 8.07. The quantitative estimate of drug-likeness (QED) is 0.688. The van der Waals surface area contributed by atoms with Gasteiger partial charge in [-0.3, -0.25) is 9.00 Å². The molecular weight excluding hydrogens is 260 g/mol. The molecule has 0 saturated carbocycles. The minimum absolute atomic E-state index is 0.0171. The Hall–Kier alpha value is -1.16. The summed E-state index contributed by atoms with van der Waals surface area (Å²) in [6.45, 7) is 6.14. The summed E-state index contributed by atoms with van der Waals surface area (Å²) >= 11 is 0. The van der Waals surface area contributed by atoms with E-state index in [1.807, 2.05) is 12.1 Å². The highest BCUT2D eigenvalue weighted by Gasteiger charge is 2.08. The van der Waals surface area contributed by atoms with Crippen molar-refractivity contribution >= 4 is 16.6 Å². The molecule has 0 saturated heterocycles. The predicted molar refractivity (Wildman–Crippen MR) is 79.3 cm³/mol. The standard InChI is InChI=1S/C15H22O3S/c1-12(2)8-10-19(17)11-9-18-15-7-5-4-6-14(15)13(3)16/h4-7,12H,8-11H2,1-3H3. The van der Waals surface area contributed by atoms with E-state index < -0.39 is 10.8 Å². The molecule has 19 heavy (non-hydrogen) atoms. The van der Waals surface area contributed by atoms with E-state index in [-0.39, 0.29) is 5.78 Å². The fourth-order valence-electron chi connectivity index (χ4n) is 1.60. The SMILES string of the molecule is CC(=O)c1ccccc1OCCS(=O)CCC(C)C. The Balaban J connectivity index is 2.41. The second kappa shape index (κ2) is 8.10. The molecule has 1 atom stereocenters. The molecule has 0 aromatic heterocycles. The van der Waals surface area contributed by atoms with Gasteiger partial charge < -0.3 is 4.74 Å². The molecular formula is C15H22O3S. The van der Waals surface area contributed by atoms with Gasteiger partial charge in [-0.15, -0.1) is 0 Å². The lowest BCUT2D eigenvalue weighted by Crippen LogP contribution is -2.13. The van der Waals surface area contributed by atoms with Crippen molar-refractivity contribution in [3.63, 3.8) is 0 Å². The van der Waals surface area contributed by atoms with Crippen LogP contribution >= 0.6 is 0 Å². The first-order chi connectivity index (χ1) is 9.00. The molecule has 1 aromatic rings. The summed E-state index contributed by atoms with van der Waals surface area (Å²) in [5.74, 6) is 2.37. The van der Waals surface area contributed by atoms with Crippen molar-refractivity contribution in [2.45, 2.75) is 27.2 Å². The third kappa shape index (κ3) is 6.01. The van der Waals surface area contributed by atoms with E-state index in [9.17, 15) is 9.00 Å². The maximum atomic E-state index is 11.7. The third-order valence-corrected chi connectivity index (χ3v) is 4.07. The molecule has 0 heterocycles. The molecule has 1 aromatic carbocycles. The number of hydrogen-bond donors (Lipinski definition) is 0. The normalized spacial score (nSPS) is 12.4. The molecule has 0 radical (unpaired) electrons. The van der Waals surface area contributed by atoms with Crippen molar-refractivity contribution in [1.82, 2.24) is 0 Å². The molecule has 0 aliphatic heterocycles. The van der Waals surface area contributed by atoms with Gasteiger partial charge in [-0.2, -0.15) is 0 Å². The highest BCUT2D eigenvalue weighted by atomic mass is 32.2. The van der Waals surface area contributed by atoms with Gasteiger partial charge >= 0.3 is 0 Å². The highest BCUT2D eigenvalue weighted by Crippen LogP contribution is 2.18. The van der Waals surface area contributed by atoms with Crippen molar-refractivity contribution in [2.24, 2.45) is 5.92 Å². The van der Waals surface area contributed by atoms with Crippen LogP contribution in [0.3, 0.4) is 0 Å². The summed E-state index contributed by atoms with van der Waals surface area (Å²) in [5, 5.41) is 0. The number of carbonyl (C=O) groups excluding carboxylic acids is 1. The van der Waals surface area contributed by atoms with Gasteiger partial charge in [0.05, 0.1) is 17.9 Å². The number of rotatable bonds is 8. The van der Waals surface area contributed by atoms with Crippen LogP contribution in [0.15, 0.2) is 24.3 Å². The summed E-state index contributed by atoms with van der Waals surface area (Å²) in [5.41, 5.74) is 0.579. The molecule has 0 fully saturated rings. The molecule has 0 N–H and O–H groups in total. The lowest BCUT2D eigenvalue weighted by molar-refractivity contribution is 0.101. The monoisotopic (exact) mass is 282 g/mol. The van der Waals surface area contributed by atoms with Crippen LogP contribution in [0.1, 0.15) is 37.6 Å². The van der Waals surface area contributed by atoms with Crippen LogP contribution in [0, 0.1) is 5.92 Å². The van der Waals surface area contributed by atoms with Gasteiger partial charge in [0.2, 0.25) is 0 Å². The number of para-hydroxylation sites is 1. The van der Waals surface area contributed by atoms with Crippen molar-refractivity contribution in [2.75, 3.05) is 18.1 Å². The zero-order chi connectivity index (χ0) is 14.3. The van der Waals surface area contributed by atoms with Crippen LogP contribution in [0.5, 0.6) is 5.75 Å². The van der Waals surface area contributed by atoms with Crippen LogP contribution in [0.2, 0.25) is 0 Å². The molecule has 3 nitrogen and oxygen atoms in total. The first-order valence-electron chi connectivity index (χ1n) is 6.58. The van der Waals surface area contributed by atoms with Gasteiger partial charge in [0.15, 0.2) is 5.78 Å². The Morgan fingerprint density at radius 1 is 1.26 bits per heavy atom. The molecule has 1 unspecified atom stereocenters. The predicted octanol–water partition coefficient (Wildman–Crippen LogP) is 3.06. The summed E-state index contributed by atoms with van der Waals surface area (Å²) in [6, 6.07) is 7.16. The second-order valence-corrected chi connectivity index (χ2v) is 6.63. The van der Waals surface area contributed by atoms with Crippen LogP contribution in [-0.2, 0) is 10.8 Å². The Morgan fingerprint density at radius 3 is 2.58 bits per heavy atom. The third-order valence-electron chi connectivity index (χ3n) is 2.76. The largest absolute Gasteiger partial charge is 0.492 e. The smallest absolute Gasteiger partial charge is 0.163 e. The Kier molecular flexibility index (Phi) is 6.78. The number of ether oxygens (including phenoxy) is 1. The van der Waals surface area contributed by atoms with Crippen molar-refractivity contribution in [3.8, 4) is 5.75 Å². The second-order valence-electron chi connectivity index (χ2n) is 4.93. The zero-order valence-electron chi connectivity index (χ0n) is 11.8. The summed E-state index contributed by atoms with van der Waals surface area (Å²) in [6.07, 6.45) is 0.969. The van der Waals surface area contributed by atoms with Crippen molar-refractivity contribution in [3.05, 3.63) is 29.8 Å². The maximum Gasteiger partial charge on any atom is 0.163 e. The fourth-order valence-corrected chi connectivity index (χ4v) is 2.80. The van der Waals surface area contributed by atoms with Gasteiger partial charge in [0.25, 0.3) is 0 Å². The number of hydrogen-bond acceptors (Lipinski definition) is 3. The highest BCUT2D eigenvalue weighted by molar-refractivity contribution is 7.84. The fraction of sp³-hybridized carbons (Fsp3) is 0.533. The van der Waals surface area contributed by atoms with Gasteiger partial charge in [-0.25, -0.2) is 0 Å². The topological polar surface area (TPSA) is 43.4 Å². The van der Waals surface area contributed by atoms with E-state index in [1.54, 1.807) is 12.1 Å². The number of benzene rings is 1. The van der Waals surface area contributed by atoms with Crippen molar-refractivity contribution in [1.29, 1.82) is 0 Å². The van der Waals surface area contributed by atoms with Gasteiger partial charge in [0.1, 0.15) is 5.75 Å². The molecule has 0 aliphatic rings. The summed E-state index contributed by atoms with van der Waals surface area (Å²) < 4.78 is 17.3. The Morgan fingerprint density at radius 2 is 1.95 bits per heavy atom. The van der Waals surface area contributed by atoms with Gasteiger partial charge in [0, 0.05) is 16.6 Å². The van der Waals surface area contributed by atoms with Crippen molar-refractivity contribution < 1.29 is 13.7 Å². The molecule has 4 heteroatoms. The lowest BCUT2D eigenvalue weighted by atomic mass is 10.1. The zero-order valence-corrected chi connectivity index (χ0v) is 12.7. The summed E-state index contributed by atoms with van der Waals surface area (Å²) in [4.78, 5) is 11.4. The average Bonchev–Trinajstić information content (AvgIpc) is 2.36. The number of Topliss-reactive ketones (excluding diaryl/α,β-unsaturated/α-hetero) is 1.